The fourth-order valence-electron chi connectivity index (χ4n) is 2.99. The summed E-state index contributed by atoms with van der Waals surface area (Å²) in [7, 11) is 0. The molecule has 0 spiro atoms. The summed E-state index contributed by atoms with van der Waals surface area (Å²) in [6.07, 6.45) is 8.43. The molecule has 0 radical (unpaired) electrons. The van der Waals surface area contributed by atoms with Crippen LogP contribution < -0.4 is 5.32 Å². The lowest BCUT2D eigenvalue weighted by Gasteiger charge is -2.26. The van der Waals surface area contributed by atoms with Crippen molar-refractivity contribution in [2.24, 2.45) is 0 Å². The Morgan fingerprint density at radius 1 is 1.48 bits per heavy atom. The number of nitrogens with one attached hydrogen (secondary N) is 1. The Kier molecular flexibility index (Phi) is 5.99. The summed E-state index contributed by atoms with van der Waals surface area (Å²) in [4.78, 5) is 31.2. The predicted octanol–water partition coefficient (Wildman–Crippen LogP) is 3.35. The summed E-state index contributed by atoms with van der Waals surface area (Å²) in [6.45, 7) is 3.11. The molecule has 27 heavy (non-hydrogen) atoms. The zero-order chi connectivity index (χ0) is 19.2. The Labute approximate surface area is 162 Å². The number of pyridine rings is 1. The number of fused-ring (bicyclic) bond motifs is 1. The number of nitrogens with zero attached hydrogens (tertiary/aromatic N) is 3. The number of nitriles is 1. The van der Waals surface area contributed by atoms with E-state index in [1.807, 2.05) is 17.9 Å². The molecular formula is C20H20N4O2S. The van der Waals surface area contributed by atoms with E-state index in [2.05, 4.69) is 16.4 Å². The fraction of sp³-hybridized carbons (Fsp3) is 0.300. The largest absolute Gasteiger partial charge is 0.337 e. The van der Waals surface area contributed by atoms with Crippen molar-refractivity contribution >= 4 is 34.2 Å². The van der Waals surface area contributed by atoms with Gasteiger partial charge in [-0.3, -0.25) is 14.6 Å². The molecule has 3 rings (SSSR count). The minimum atomic E-state index is -0.298. The molecule has 138 valence electrons. The number of carbonyl (C=O) groups is 2. The quantitative estimate of drug-likeness (QED) is 0.806. The first-order chi connectivity index (χ1) is 13.1. The van der Waals surface area contributed by atoms with Crippen molar-refractivity contribution in [3.8, 4) is 6.07 Å². The summed E-state index contributed by atoms with van der Waals surface area (Å²) >= 11 is 1.38. The molecule has 1 N–H and O–H groups in total. The second-order valence-electron chi connectivity index (χ2n) is 6.24. The summed E-state index contributed by atoms with van der Waals surface area (Å²) in [5.74, 6) is -0.159. The Bertz CT molecular complexity index is 912. The molecule has 0 unspecified atom stereocenters. The van der Waals surface area contributed by atoms with Crippen molar-refractivity contribution in [1.82, 2.24) is 9.88 Å². The van der Waals surface area contributed by atoms with Crippen LogP contribution in [0, 0.1) is 11.3 Å². The Hall–Kier alpha value is -2.98. The third-order valence-electron chi connectivity index (χ3n) is 4.33. The summed E-state index contributed by atoms with van der Waals surface area (Å²) in [5, 5.41) is 12.9. The van der Waals surface area contributed by atoms with Gasteiger partial charge in [0.15, 0.2) is 0 Å². The van der Waals surface area contributed by atoms with Gasteiger partial charge in [-0.25, -0.2) is 0 Å². The molecule has 0 fully saturated rings. The summed E-state index contributed by atoms with van der Waals surface area (Å²) in [5.41, 5.74) is 2.29. The molecule has 6 nitrogen and oxygen atoms in total. The van der Waals surface area contributed by atoms with Crippen LogP contribution in [-0.2, 0) is 22.6 Å². The van der Waals surface area contributed by atoms with Gasteiger partial charge in [0.25, 0.3) is 0 Å². The number of amides is 2. The number of aromatic nitrogens is 1. The molecule has 0 aliphatic carbocycles. The highest BCUT2D eigenvalue weighted by molar-refractivity contribution is 7.16. The molecular weight excluding hydrogens is 360 g/mol. The van der Waals surface area contributed by atoms with Crippen LogP contribution in [0.25, 0.3) is 6.08 Å². The van der Waals surface area contributed by atoms with Crippen LogP contribution in [0.4, 0.5) is 5.00 Å². The number of thiophene rings is 1. The van der Waals surface area contributed by atoms with Crippen molar-refractivity contribution in [2.75, 3.05) is 11.9 Å². The van der Waals surface area contributed by atoms with E-state index in [0.717, 1.165) is 22.4 Å². The maximum absolute atomic E-state index is 12.2. The van der Waals surface area contributed by atoms with E-state index in [-0.39, 0.29) is 11.8 Å². The minimum absolute atomic E-state index is 0.139. The van der Waals surface area contributed by atoms with Crippen LogP contribution in [0.5, 0.6) is 0 Å². The van der Waals surface area contributed by atoms with Crippen LogP contribution in [0.3, 0.4) is 0 Å². The van der Waals surface area contributed by atoms with Crippen LogP contribution >= 0.6 is 11.3 Å². The highest BCUT2D eigenvalue weighted by atomic mass is 32.1. The lowest BCUT2D eigenvalue weighted by molar-refractivity contribution is -0.132. The highest BCUT2D eigenvalue weighted by Gasteiger charge is 2.26. The van der Waals surface area contributed by atoms with E-state index >= 15 is 0 Å². The van der Waals surface area contributed by atoms with Crippen LogP contribution in [0.1, 0.15) is 41.3 Å². The fourth-order valence-corrected chi connectivity index (χ4v) is 4.21. The first-order valence-electron chi connectivity index (χ1n) is 8.84. The summed E-state index contributed by atoms with van der Waals surface area (Å²) < 4.78 is 0. The zero-order valence-electron chi connectivity index (χ0n) is 15.1. The van der Waals surface area contributed by atoms with Gasteiger partial charge in [-0.2, -0.15) is 5.26 Å². The molecule has 0 saturated carbocycles. The molecule has 0 saturated heterocycles. The number of hydrogen-bond acceptors (Lipinski definition) is 5. The lowest BCUT2D eigenvalue weighted by Crippen LogP contribution is -2.35. The van der Waals surface area contributed by atoms with Crippen molar-refractivity contribution in [2.45, 2.75) is 32.7 Å². The average molecular weight is 380 g/mol. The number of anilines is 1. The predicted molar refractivity (Wildman–Crippen MR) is 105 cm³/mol. The third kappa shape index (κ3) is 4.41. The molecule has 0 atom stereocenters. The van der Waals surface area contributed by atoms with Crippen molar-refractivity contribution < 1.29 is 9.59 Å². The van der Waals surface area contributed by atoms with Gasteiger partial charge < -0.3 is 10.2 Å². The van der Waals surface area contributed by atoms with Gasteiger partial charge in [-0.1, -0.05) is 13.0 Å². The number of hydrogen-bond donors (Lipinski definition) is 1. The monoisotopic (exact) mass is 380 g/mol. The first kappa shape index (κ1) is 18.8. The topological polar surface area (TPSA) is 86.1 Å². The Balaban J connectivity index is 1.74. The molecule has 0 aromatic carbocycles. The van der Waals surface area contributed by atoms with E-state index in [1.165, 1.54) is 17.4 Å². The maximum Gasteiger partial charge on any atom is 0.249 e. The molecule has 2 aromatic heterocycles. The van der Waals surface area contributed by atoms with Gasteiger partial charge in [0.1, 0.15) is 11.1 Å². The number of rotatable bonds is 5. The molecule has 2 aromatic rings. The van der Waals surface area contributed by atoms with E-state index in [0.29, 0.717) is 36.5 Å². The third-order valence-corrected chi connectivity index (χ3v) is 5.47. The van der Waals surface area contributed by atoms with Crippen LogP contribution in [-0.4, -0.2) is 28.2 Å². The standard InChI is InChI=1S/C20H20N4O2S/c1-2-4-19(26)24-10-8-15-16(11-21)20(27-17(15)13-24)23-18(25)7-6-14-5-3-9-22-12-14/h3,5-7,9,12H,2,4,8,10,13H2,1H3,(H,23,25). The second-order valence-corrected chi connectivity index (χ2v) is 7.35. The molecule has 2 amide bonds. The first-order valence-corrected chi connectivity index (χ1v) is 9.65. The molecule has 3 heterocycles. The van der Waals surface area contributed by atoms with E-state index in [9.17, 15) is 14.9 Å². The Morgan fingerprint density at radius 2 is 2.33 bits per heavy atom. The van der Waals surface area contributed by atoms with E-state index in [1.54, 1.807) is 24.5 Å². The molecule has 1 aliphatic heterocycles. The van der Waals surface area contributed by atoms with Gasteiger partial charge >= 0.3 is 0 Å². The molecule has 1 aliphatic rings. The average Bonchev–Trinajstić information content (AvgIpc) is 3.03. The Morgan fingerprint density at radius 3 is 3.04 bits per heavy atom. The van der Waals surface area contributed by atoms with Gasteiger partial charge in [0, 0.05) is 36.3 Å². The van der Waals surface area contributed by atoms with Gasteiger partial charge in [0.05, 0.1) is 12.1 Å². The normalized spacial score (nSPS) is 13.3. The highest BCUT2D eigenvalue weighted by Crippen LogP contribution is 2.36. The lowest BCUT2D eigenvalue weighted by atomic mass is 10.0. The van der Waals surface area contributed by atoms with Crippen molar-refractivity contribution in [3.05, 3.63) is 52.2 Å². The van der Waals surface area contributed by atoms with E-state index in [4.69, 9.17) is 0 Å². The minimum Gasteiger partial charge on any atom is -0.337 e. The molecule has 0 bridgehead atoms. The summed E-state index contributed by atoms with van der Waals surface area (Å²) in [6, 6.07) is 5.86. The van der Waals surface area contributed by atoms with Crippen molar-refractivity contribution in [1.29, 1.82) is 5.26 Å². The SMILES string of the molecule is CCCC(=O)N1CCc2c(sc(NC(=O)C=Cc3cccnc3)c2C#N)C1. The number of carbonyl (C=O) groups excluding carboxylic acids is 2. The van der Waals surface area contributed by atoms with Crippen LogP contribution in [0.15, 0.2) is 30.6 Å². The van der Waals surface area contributed by atoms with Gasteiger partial charge in [0.2, 0.25) is 11.8 Å². The second kappa shape index (κ2) is 8.60. The smallest absolute Gasteiger partial charge is 0.249 e. The van der Waals surface area contributed by atoms with Gasteiger partial charge in [-0.15, -0.1) is 11.3 Å². The zero-order valence-corrected chi connectivity index (χ0v) is 15.9. The van der Waals surface area contributed by atoms with Gasteiger partial charge in [-0.05, 0) is 36.1 Å². The molecule has 7 heteroatoms. The van der Waals surface area contributed by atoms with Crippen molar-refractivity contribution in [3.63, 3.8) is 0 Å². The van der Waals surface area contributed by atoms with Crippen LogP contribution in [0.2, 0.25) is 0 Å². The van der Waals surface area contributed by atoms with E-state index < -0.39 is 0 Å². The maximum atomic E-state index is 12.2.